The highest BCUT2D eigenvalue weighted by molar-refractivity contribution is 7.89. The van der Waals surface area contributed by atoms with E-state index in [1.165, 1.54) is 0 Å². The van der Waals surface area contributed by atoms with Crippen LogP contribution in [0.2, 0.25) is 0 Å². The van der Waals surface area contributed by atoms with Crippen LogP contribution in [-0.2, 0) is 14.8 Å². The van der Waals surface area contributed by atoms with Crippen LogP contribution in [-0.4, -0.2) is 86.3 Å². The number of aromatic nitrogens is 1. The predicted octanol–water partition coefficient (Wildman–Crippen LogP) is 2.24. The van der Waals surface area contributed by atoms with Crippen LogP contribution in [0.3, 0.4) is 0 Å². The van der Waals surface area contributed by atoms with Crippen LogP contribution in [0, 0.1) is 11.5 Å². The van der Waals surface area contributed by atoms with Crippen LogP contribution < -0.4 is 10.6 Å². The molecule has 1 aromatic rings. The molecule has 0 amide bonds. The van der Waals surface area contributed by atoms with Gasteiger partial charge in [0.05, 0.1) is 19.0 Å². The van der Waals surface area contributed by atoms with E-state index in [2.05, 4.69) is 25.5 Å². The van der Waals surface area contributed by atoms with Gasteiger partial charge in [-0.3, -0.25) is 20.2 Å². The van der Waals surface area contributed by atoms with Crippen molar-refractivity contribution in [3.05, 3.63) is 24.5 Å². The first-order chi connectivity index (χ1) is 16.4. The molecule has 10 nitrogen and oxygen atoms in total. The Bertz CT molecular complexity index is 866. The topological polar surface area (TPSA) is 123 Å². The Morgan fingerprint density at radius 2 is 1.91 bits per heavy atom. The quantitative estimate of drug-likeness (QED) is 0.133. The van der Waals surface area contributed by atoms with Crippen molar-refractivity contribution in [1.29, 1.82) is 5.26 Å². The molecule has 0 atom stereocenters. The number of anilines is 1. The van der Waals surface area contributed by atoms with E-state index in [9.17, 15) is 8.42 Å². The van der Waals surface area contributed by atoms with Gasteiger partial charge in [0.2, 0.25) is 16.0 Å². The fourth-order valence-electron chi connectivity index (χ4n) is 3.79. The first-order valence-corrected chi connectivity index (χ1v) is 13.7. The number of rotatable bonds is 14. The molecule has 0 aromatic carbocycles. The molecule has 1 saturated heterocycles. The van der Waals surface area contributed by atoms with Gasteiger partial charge in [-0.1, -0.05) is 12.8 Å². The average molecular weight is 494 g/mol. The summed E-state index contributed by atoms with van der Waals surface area (Å²) in [5, 5.41) is 14.5. The van der Waals surface area contributed by atoms with Crippen LogP contribution in [0.4, 0.5) is 5.69 Å². The highest BCUT2D eigenvalue weighted by Crippen LogP contribution is 2.13. The third-order valence-electron chi connectivity index (χ3n) is 5.59. The molecule has 0 bridgehead atoms. The normalized spacial score (nSPS) is 15.4. The summed E-state index contributed by atoms with van der Waals surface area (Å²) < 4.78 is 32.8. The third kappa shape index (κ3) is 10.8. The fraction of sp³-hybridized carbons (Fsp3) is 0.696. The molecule has 0 aliphatic carbocycles. The fourth-order valence-corrected chi connectivity index (χ4v) is 5.64. The summed E-state index contributed by atoms with van der Waals surface area (Å²) in [6.07, 6.45) is 9.20. The molecule has 0 radical (unpaired) electrons. The molecule has 2 N–H and O–H groups in total. The van der Waals surface area contributed by atoms with Gasteiger partial charge in [0.15, 0.2) is 6.19 Å². The monoisotopic (exact) mass is 493 g/mol. The van der Waals surface area contributed by atoms with E-state index in [-0.39, 0.29) is 11.8 Å². The van der Waals surface area contributed by atoms with Gasteiger partial charge < -0.3 is 10.1 Å². The number of nitrogens with zero attached hydrogens (tertiary/aromatic N) is 5. The lowest BCUT2D eigenvalue weighted by Gasteiger charge is -2.29. The Hall–Kier alpha value is -2.26. The summed E-state index contributed by atoms with van der Waals surface area (Å²) in [6.45, 7) is 9.26. The highest BCUT2D eigenvalue weighted by atomic mass is 32.2. The zero-order valence-corrected chi connectivity index (χ0v) is 21.3. The predicted molar refractivity (Wildman–Crippen MR) is 135 cm³/mol. The van der Waals surface area contributed by atoms with Gasteiger partial charge in [-0.25, -0.2) is 8.42 Å². The number of morpholine rings is 1. The standard InChI is InChI=1S/C23H39N7O3S/c1-21(2)30(14-7-13-29-15-17-33-18-16-29)34(31,32)19-6-4-3-5-10-26-23(27-20-24)28-22-8-11-25-12-9-22/h8-9,11-12,21H,3-7,10,13-19H2,1-2H3,(H2,25,26,27,28). The number of pyridine rings is 1. The number of ether oxygens (including phenoxy) is 1. The van der Waals surface area contributed by atoms with Crippen molar-refractivity contribution >= 4 is 21.7 Å². The molecule has 1 aliphatic heterocycles. The lowest BCUT2D eigenvalue weighted by molar-refractivity contribution is 0.0367. The Kier molecular flexibility index (Phi) is 12.8. The maximum absolute atomic E-state index is 12.9. The number of nitrogens with one attached hydrogen (secondary N) is 2. The van der Waals surface area contributed by atoms with Crippen molar-refractivity contribution in [2.45, 2.75) is 52.0 Å². The Morgan fingerprint density at radius 3 is 2.59 bits per heavy atom. The van der Waals surface area contributed by atoms with Gasteiger partial charge in [0.1, 0.15) is 0 Å². The molecule has 1 fully saturated rings. The smallest absolute Gasteiger partial charge is 0.214 e. The first kappa shape index (κ1) is 28.0. The van der Waals surface area contributed by atoms with Crippen molar-refractivity contribution in [2.75, 3.05) is 57.0 Å². The molecule has 34 heavy (non-hydrogen) atoms. The van der Waals surface area contributed by atoms with Crippen LogP contribution in [0.1, 0.15) is 46.0 Å². The lowest BCUT2D eigenvalue weighted by atomic mass is 10.2. The minimum Gasteiger partial charge on any atom is -0.379 e. The SMILES string of the molecule is CC(C)N(CCCN1CCOCC1)S(=O)(=O)CCCCCCN=C(NC#N)Nc1ccncc1. The van der Waals surface area contributed by atoms with Gasteiger partial charge in [-0.15, -0.1) is 0 Å². The van der Waals surface area contributed by atoms with E-state index >= 15 is 0 Å². The summed E-state index contributed by atoms with van der Waals surface area (Å²) in [5.74, 6) is 0.567. The second kappa shape index (κ2) is 15.6. The van der Waals surface area contributed by atoms with Crippen LogP contribution in [0.25, 0.3) is 0 Å². The summed E-state index contributed by atoms with van der Waals surface area (Å²) in [5.41, 5.74) is 0.793. The van der Waals surface area contributed by atoms with Crippen molar-refractivity contribution in [3.63, 3.8) is 0 Å². The molecule has 190 valence electrons. The zero-order chi connectivity index (χ0) is 24.7. The Labute approximate surface area is 204 Å². The second-order valence-electron chi connectivity index (χ2n) is 8.57. The maximum atomic E-state index is 12.9. The molecule has 0 saturated carbocycles. The molecule has 2 heterocycles. The highest BCUT2D eigenvalue weighted by Gasteiger charge is 2.24. The number of hydrogen-bond donors (Lipinski definition) is 2. The first-order valence-electron chi connectivity index (χ1n) is 12.1. The molecule has 1 aliphatic rings. The van der Waals surface area contributed by atoms with Gasteiger partial charge >= 0.3 is 0 Å². The van der Waals surface area contributed by atoms with Crippen LogP contribution >= 0.6 is 0 Å². The molecular weight excluding hydrogens is 454 g/mol. The number of unbranched alkanes of at least 4 members (excludes halogenated alkanes) is 3. The van der Waals surface area contributed by atoms with E-state index in [0.29, 0.717) is 25.5 Å². The zero-order valence-electron chi connectivity index (χ0n) is 20.4. The molecule has 11 heteroatoms. The Balaban J connectivity index is 1.67. The van der Waals surface area contributed by atoms with Crippen LogP contribution in [0.15, 0.2) is 29.5 Å². The summed E-state index contributed by atoms with van der Waals surface area (Å²) >= 11 is 0. The van der Waals surface area contributed by atoms with Crippen molar-refractivity contribution < 1.29 is 13.2 Å². The van der Waals surface area contributed by atoms with Gasteiger partial charge in [-0.05, 0) is 51.8 Å². The number of sulfonamides is 1. The molecule has 0 spiro atoms. The minimum absolute atomic E-state index is 0.0389. The third-order valence-corrected chi connectivity index (χ3v) is 7.71. The number of hydrogen-bond acceptors (Lipinski definition) is 7. The largest absolute Gasteiger partial charge is 0.379 e. The van der Waals surface area contributed by atoms with E-state index in [4.69, 9.17) is 10.00 Å². The average Bonchev–Trinajstić information content (AvgIpc) is 2.82. The Morgan fingerprint density at radius 1 is 1.21 bits per heavy atom. The summed E-state index contributed by atoms with van der Waals surface area (Å²) in [4.78, 5) is 10.7. The minimum atomic E-state index is -3.27. The van der Waals surface area contributed by atoms with Gasteiger partial charge in [0.25, 0.3) is 0 Å². The molecule has 1 aromatic heterocycles. The maximum Gasteiger partial charge on any atom is 0.214 e. The summed E-state index contributed by atoms with van der Waals surface area (Å²) in [6, 6.07) is 3.54. The van der Waals surface area contributed by atoms with E-state index in [0.717, 1.165) is 64.2 Å². The van der Waals surface area contributed by atoms with E-state index in [1.807, 2.05) is 20.0 Å². The van der Waals surface area contributed by atoms with Crippen molar-refractivity contribution in [3.8, 4) is 6.19 Å². The number of aliphatic imine (C=N–C) groups is 1. The lowest BCUT2D eigenvalue weighted by Crippen LogP contribution is -2.42. The molecular formula is C23H39N7O3S. The van der Waals surface area contributed by atoms with Crippen molar-refractivity contribution in [2.24, 2.45) is 4.99 Å². The molecule has 0 unspecified atom stereocenters. The number of guanidine groups is 1. The van der Waals surface area contributed by atoms with E-state index in [1.54, 1.807) is 28.8 Å². The second-order valence-corrected chi connectivity index (χ2v) is 10.6. The number of nitriles is 1. The van der Waals surface area contributed by atoms with E-state index < -0.39 is 10.0 Å². The molecule has 2 rings (SSSR count). The van der Waals surface area contributed by atoms with Gasteiger partial charge in [-0.2, -0.15) is 9.57 Å². The van der Waals surface area contributed by atoms with Crippen molar-refractivity contribution in [1.82, 2.24) is 19.5 Å². The van der Waals surface area contributed by atoms with Crippen LogP contribution in [0.5, 0.6) is 0 Å². The van der Waals surface area contributed by atoms with Gasteiger partial charge in [0, 0.05) is 50.3 Å². The summed E-state index contributed by atoms with van der Waals surface area (Å²) in [7, 11) is -3.27.